The highest BCUT2D eigenvalue weighted by atomic mass is 79.9. The number of benzene rings is 1. The molecule has 0 radical (unpaired) electrons. The van der Waals surface area contributed by atoms with E-state index in [1.54, 1.807) is 31.0 Å². The minimum atomic E-state index is -0.420. The minimum absolute atomic E-state index is 0.148. The van der Waals surface area contributed by atoms with Crippen molar-refractivity contribution in [1.29, 1.82) is 0 Å². The quantitative estimate of drug-likeness (QED) is 0.781. The Hall–Kier alpha value is -0.900. The summed E-state index contributed by atoms with van der Waals surface area (Å²) in [5.74, 6) is -0.685. The monoisotopic (exact) mass is 301 g/mol. The molecule has 0 bridgehead atoms. The van der Waals surface area contributed by atoms with Crippen LogP contribution in [0, 0.1) is 12.7 Å². The molecule has 1 aromatic rings. The van der Waals surface area contributed by atoms with Crippen molar-refractivity contribution in [3.05, 3.63) is 35.1 Å². The predicted octanol–water partition coefficient (Wildman–Crippen LogP) is 3.38. The minimum Gasteiger partial charge on any atom is -0.342 e. The zero-order chi connectivity index (χ0) is 13.0. The smallest absolute Gasteiger partial charge is 0.256 e. The molecule has 1 aromatic carbocycles. The summed E-state index contributed by atoms with van der Waals surface area (Å²) in [7, 11) is 1.69. The van der Waals surface area contributed by atoms with Gasteiger partial charge in [-0.1, -0.05) is 35.0 Å². The molecule has 0 saturated heterocycles. The fraction of sp³-hybridized carbons (Fsp3) is 0.462. The molecular weight excluding hydrogens is 285 g/mol. The first kappa shape index (κ1) is 14.2. The lowest BCUT2D eigenvalue weighted by molar-refractivity contribution is 0.0789. The average Bonchev–Trinajstić information content (AvgIpc) is 2.28. The second kappa shape index (κ2) is 6.15. The third kappa shape index (κ3) is 3.80. The van der Waals surface area contributed by atoms with Crippen LogP contribution < -0.4 is 0 Å². The maximum absolute atomic E-state index is 13.8. The Kier molecular flexibility index (Phi) is 5.12. The molecule has 0 saturated carbocycles. The van der Waals surface area contributed by atoms with Crippen LogP contribution >= 0.6 is 15.9 Å². The number of hydrogen-bond donors (Lipinski definition) is 0. The van der Waals surface area contributed by atoms with Gasteiger partial charge in [0.05, 0.1) is 5.56 Å². The van der Waals surface area contributed by atoms with E-state index in [1.807, 2.05) is 6.92 Å². The summed E-state index contributed by atoms with van der Waals surface area (Å²) in [4.78, 5) is 13.9. The van der Waals surface area contributed by atoms with Crippen LogP contribution in [0.3, 0.4) is 0 Å². The van der Waals surface area contributed by atoms with Crippen LogP contribution in [0.4, 0.5) is 4.39 Å². The fourth-order valence-electron chi connectivity index (χ4n) is 1.49. The zero-order valence-electron chi connectivity index (χ0n) is 10.3. The Morgan fingerprint density at radius 1 is 1.53 bits per heavy atom. The molecule has 0 aromatic heterocycles. The maximum atomic E-state index is 13.8. The molecular formula is C13H17BrFNO. The summed E-state index contributed by atoms with van der Waals surface area (Å²) in [6, 6.07) is 4.89. The molecule has 0 N–H and O–H groups in total. The standard InChI is InChI=1S/C13H17BrFNO/c1-9-5-4-6-11(12(9)15)13(17)16(3)8-7-10(2)14/h4-6,10H,7-8H2,1-3H3. The van der Waals surface area contributed by atoms with Gasteiger partial charge in [0.1, 0.15) is 5.82 Å². The normalized spacial score (nSPS) is 12.3. The molecule has 4 heteroatoms. The van der Waals surface area contributed by atoms with Gasteiger partial charge in [-0.15, -0.1) is 0 Å². The van der Waals surface area contributed by atoms with Crippen LogP contribution in [0.25, 0.3) is 0 Å². The summed E-state index contributed by atoms with van der Waals surface area (Å²) < 4.78 is 13.8. The van der Waals surface area contributed by atoms with Gasteiger partial charge in [-0.25, -0.2) is 4.39 Å². The highest BCUT2D eigenvalue weighted by Crippen LogP contribution is 2.14. The molecule has 2 nitrogen and oxygen atoms in total. The Labute approximate surface area is 110 Å². The van der Waals surface area contributed by atoms with Gasteiger partial charge in [0.25, 0.3) is 5.91 Å². The lowest BCUT2D eigenvalue weighted by Gasteiger charge is -2.18. The Balaban J connectivity index is 2.78. The van der Waals surface area contributed by atoms with Gasteiger partial charge >= 0.3 is 0 Å². The highest BCUT2D eigenvalue weighted by Gasteiger charge is 2.17. The van der Waals surface area contributed by atoms with Crippen molar-refractivity contribution in [3.63, 3.8) is 0 Å². The van der Waals surface area contributed by atoms with Crippen molar-refractivity contribution in [1.82, 2.24) is 4.90 Å². The largest absolute Gasteiger partial charge is 0.342 e. The molecule has 0 aliphatic carbocycles. The highest BCUT2D eigenvalue weighted by molar-refractivity contribution is 9.09. The van der Waals surface area contributed by atoms with E-state index in [-0.39, 0.29) is 11.5 Å². The van der Waals surface area contributed by atoms with Gasteiger partial charge in [-0.2, -0.15) is 0 Å². The molecule has 0 spiro atoms. The topological polar surface area (TPSA) is 20.3 Å². The van der Waals surface area contributed by atoms with E-state index >= 15 is 0 Å². The number of amides is 1. The summed E-state index contributed by atoms with van der Waals surface area (Å²) in [6.07, 6.45) is 0.843. The lowest BCUT2D eigenvalue weighted by atomic mass is 10.1. The third-order valence-electron chi connectivity index (χ3n) is 2.63. The fourth-order valence-corrected chi connectivity index (χ4v) is 1.70. The molecule has 1 unspecified atom stereocenters. The van der Waals surface area contributed by atoms with Gasteiger partial charge < -0.3 is 4.90 Å². The summed E-state index contributed by atoms with van der Waals surface area (Å²) >= 11 is 3.42. The van der Waals surface area contributed by atoms with Crippen molar-refractivity contribution >= 4 is 21.8 Å². The van der Waals surface area contributed by atoms with Crippen molar-refractivity contribution in [2.24, 2.45) is 0 Å². The van der Waals surface area contributed by atoms with Gasteiger partial charge in [0.15, 0.2) is 0 Å². The first-order chi connectivity index (χ1) is 7.93. The average molecular weight is 302 g/mol. The Morgan fingerprint density at radius 3 is 2.76 bits per heavy atom. The lowest BCUT2D eigenvalue weighted by Crippen LogP contribution is -2.29. The number of aryl methyl sites for hydroxylation is 1. The number of nitrogens with zero attached hydrogens (tertiary/aromatic N) is 1. The SMILES string of the molecule is Cc1cccc(C(=O)N(C)CCC(C)Br)c1F. The molecule has 0 heterocycles. The zero-order valence-corrected chi connectivity index (χ0v) is 11.9. The van der Waals surface area contributed by atoms with E-state index in [1.165, 1.54) is 6.07 Å². The predicted molar refractivity (Wildman–Crippen MR) is 71.1 cm³/mol. The maximum Gasteiger partial charge on any atom is 0.256 e. The van der Waals surface area contributed by atoms with E-state index in [4.69, 9.17) is 0 Å². The van der Waals surface area contributed by atoms with Crippen LogP contribution in [-0.4, -0.2) is 29.2 Å². The summed E-state index contributed by atoms with van der Waals surface area (Å²) in [5.41, 5.74) is 0.646. The number of hydrogen-bond acceptors (Lipinski definition) is 1. The molecule has 1 atom stereocenters. The molecule has 0 aliphatic rings. The number of alkyl halides is 1. The Morgan fingerprint density at radius 2 is 2.18 bits per heavy atom. The van der Waals surface area contributed by atoms with Crippen molar-refractivity contribution < 1.29 is 9.18 Å². The third-order valence-corrected chi connectivity index (χ3v) is 3.09. The molecule has 17 heavy (non-hydrogen) atoms. The van der Waals surface area contributed by atoms with E-state index in [2.05, 4.69) is 15.9 Å². The van der Waals surface area contributed by atoms with Crippen molar-refractivity contribution in [3.8, 4) is 0 Å². The second-order valence-corrected chi connectivity index (χ2v) is 5.80. The van der Waals surface area contributed by atoms with Crippen LogP contribution in [0.1, 0.15) is 29.3 Å². The first-order valence-corrected chi connectivity index (χ1v) is 6.49. The van der Waals surface area contributed by atoms with E-state index in [0.29, 0.717) is 16.9 Å². The van der Waals surface area contributed by atoms with Crippen LogP contribution in [0.15, 0.2) is 18.2 Å². The molecule has 1 rings (SSSR count). The van der Waals surface area contributed by atoms with E-state index in [9.17, 15) is 9.18 Å². The number of carbonyl (C=O) groups excluding carboxylic acids is 1. The van der Waals surface area contributed by atoms with Gasteiger partial charge in [0, 0.05) is 18.4 Å². The van der Waals surface area contributed by atoms with Gasteiger partial charge in [0.2, 0.25) is 0 Å². The van der Waals surface area contributed by atoms with Crippen molar-refractivity contribution in [2.45, 2.75) is 25.1 Å². The summed E-state index contributed by atoms with van der Waals surface area (Å²) in [5, 5.41) is 0. The number of halogens is 2. The Bertz CT molecular complexity index is 406. The molecule has 1 amide bonds. The molecule has 94 valence electrons. The van der Waals surface area contributed by atoms with Gasteiger partial charge in [-0.05, 0) is 25.0 Å². The van der Waals surface area contributed by atoms with E-state index in [0.717, 1.165) is 6.42 Å². The van der Waals surface area contributed by atoms with Crippen LogP contribution in [0.5, 0.6) is 0 Å². The first-order valence-electron chi connectivity index (χ1n) is 5.58. The molecule has 0 fully saturated rings. The number of carbonyl (C=O) groups is 1. The van der Waals surface area contributed by atoms with Crippen LogP contribution in [-0.2, 0) is 0 Å². The van der Waals surface area contributed by atoms with Gasteiger partial charge in [-0.3, -0.25) is 4.79 Å². The van der Waals surface area contributed by atoms with Crippen molar-refractivity contribution in [2.75, 3.05) is 13.6 Å². The number of rotatable bonds is 4. The van der Waals surface area contributed by atoms with E-state index < -0.39 is 5.82 Å². The molecule has 0 aliphatic heterocycles. The second-order valence-electron chi connectivity index (χ2n) is 4.23. The summed E-state index contributed by atoms with van der Waals surface area (Å²) in [6.45, 7) is 4.29. The van der Waals surface area contributed by atoms with Crippen LogP contribution in [0.2, 0.25) is 0 Å².